The summed E-state index contributed by atoms with van der Waals surface area (Å²) in [6.45, 7) is 0.899. The molecule has 0 unspecified atom stereocenters. The van der Waals surface area contributed by atoms with Crippen molar-refractivity contribution in [3.05, 3.63) is 23.7 Å². The molecule has 0 radical (unpaired) electrons. The molecule has 0 aromatic carbocycles. The van der Waals surface area contributed by atoms with E-state index in [1.54, 1.807) is 38.2 Å². The minimum atomic E-state index is -0.598. The van der Waals surface area contributed by atoms with E-state index in [0.717, 1.165) is 25.7 Å². The standard InChI is InChI=1S/C17H27N5O3/c1-19-16(20-10-12-6-7-13(25-12)14(18)23)21-11-17(8-4-5-9-17)15(24)22(2)3/h6-7H,4-5,8-11H2,1-3H3,(H2,18,23)(H2,19,20,21). The zero-order valence-electron chi connectivity index (χ0n) is 15.1. The average Bonchev–Trinajstić information content (AvgIpc) is 3.24. The number of rotatable bonds is 6. The van der Waals surface area contributed by atoms with Crippen LogP contribution in [-0.4, -0.2) is 50.4 Å². The van der Waals surface area contributed by atoms with Crippen molar-refractivity contribution < 1.29 is 14.0 Å². The molecule has 8 heteroatoms. The summed E-state index contributed by atoms with van der Waals surface area (Å²) in [4.78, 5) is 29.5. The maximum Gasteiger partial charge on any atom is 0.284 e. The van der Waals surface area contributed by atoms with E-state index >= 15 is 0 Å². The number of nitrogens with zero attached hydrogens (tertiary/aromatic N) is 2. The van der Waals surface area contributed by atoms with Gasteiger partial charge < -0.3 is 25.7 Å². The van der Waals surface area contributed by atoms with E-state index in [4.69, 9.17) is 10.2 Å². The summed E-state index contributed by atoms with van der Waals surface area (Å²) >= 11 is 0. The van der Waals surface area contributed by atoms with Gasteiger partial charge >= 0.3 is 0 Å². The number of aliphatic imine (C=N–C) groups is 1. The lowest BCUT2D eigenvalue weighted by molar-refractivity contribution is -0.138. The number of hydrogen-bond donors (Lipinski definition) is 3. The number of carbonyl (C=O) groups is 2. The Morgan fingerprint density at radius 2 is 1.96 bits per heavy atom. The van der Waals surface area contributed by atoms with Crippen LogP contribution in [0.1, 0.15) is 42.0 Å². The molecule has 1 saturated carbocycles. The van der Waals surface area contributed by atoms with Crippen LogP contribution in [0.25, 0.3) is 0 Å². The van der Waals surface area contributed by atoms with E-state index in [0.29, 0.717) is 24.8 Å². The number of amides is 2. The minimum Gasteiger partial charge on any atom is -0.454 e. The fourth-order valence-corrected chi connectivity index (χ4v) is 3.24. The Hall–Kier alpha value is -2.51. The zero-order valence-corrected chi connectivity index (χ0v) is 15.1. The zero-order chi connectivity index (χ0) is 18.4. The number of carbonyl (C=O) groups excluding carboxylic acids is 2. The van der Waals surface area contributed by atoms with Crippen molar-refractivity contribution in [3.8, 4) is 0 Å². The SMILES string of the molecule is CN=C(NCc1ccc(C(N)=O)o1)NCC1(C(=O)N(C)C)CCCC1. The molecule has 2 amide bonds. The van der Waals surface area contributed by atoms with Crippen LogP contribution in [0.3, 0.4) is 0 Å². The van der Waals surface area contributed by atoms with Crippen molar-refractivity contribution in [1.29, 1.82) is 0 Å². The first-order valence-corrected chi connectivity index (χ1v) is 8.43. The second kappa shape index (κ2) is 8.04. The van der Waals surface area contributed by atoms with E-state index in [2.05, 4.69) is 15.6 Å². The molecular formula is C17H27N5O3. The van der Waals surface area contributed by atoms with Gasteiger partial charge in [0.2, 0.25) is 5.91 Å². The summed E-state index contributed by atoms with van der Waals surface area (Å²) in [7, 11) is 5.26. The fourth-order valence-electron chi connectivity index (χ4n) is 3.24. The molecule has 0 atom stereocenters. The molecule has 25 heavy (non-hydrogen) atoms. The number of nitrogens with two attached hydrogens (primary N) is 1. The van der Waals surface area contributed by atoms with Crippen LogP contribution in [0.4, 0.5) is 0 Å². The highest BCUT2D eigenvalue weighted by atomic mass is 16.3. The highest BCUT2D eigenvalue weighted by Crippen LogP contribution is 2.38. The largest absolute Gasteiger partial charge is 0.454 e. The van der Waals surface area contributed by atoms with Gasteiger partial charge in [0.15, 0.2) is 11.7 Å². The smallest absolute Gasteiger partial charge is 0.284 e. The van der Waals surface area contributed by atoms with Gasteiger partial charge in [-0.1, -0.05) is 12.8 Å². The van der Waals surface area contributed by atoms with Crippen LogP contribution in [0.15, 0.2) is 21.5 Å². The fraction of sp³-hybridized carbons (Fsp3) is 0.588. The Bertz CT molecular complexity index is 644. The molecule has 1 aromatic heterocycles. The van der Waals surface area contributed by atoms with Gasteiger partial charge in [-0.2, -0.15) is 0 Å². The second-order valence-corrected chi connectivity index (χ2v) is 6.60. The molecule has 0 saturated heterocycles. The van der Waals surface area contributed by atoms with Crippen molar-refractivity contribution in [2.45, 2.75) is 32.2 Å². The summed E-state index contributed by atoms with van der Waals surface area (Å²) in [5.41, 5.74) is 4.80. The van der Waals surface area contributed by atoms with Gasteiger partial charge in [-0.15, -0.1) is 0 Å². The maximum absolute atomic E-state index is 12.6. The van der Waals surface area contributed by atoms with E-state index in [-0.39, 0.29) is 17.1 Å². The molecule has 4 N–H and O–H groups in total. The van der Waals surface area contributed by atoms with Gasteiger partial charge in [-0.05, 0) is 25.0 Å². The molecule has 1 aliphatic rings. The third-order valence-corrected chi connectivity index (χ3v) is 4.57. The molecule has 8 nitrogen and oxygen atoms in total. The minimum absolute atomic E-state index is 0.126. The van der Waals surface area contributed by atoms with Crippen LogP contribution in [0.2, 0.25) is 0 Å². The lowest BCUT2D eigenvalue weighted by atomic mass is 9.84. The van der Waals surface area contributed by atoms with Crippen LogP contribution in [-0.2, 0) is 11.3 Å². The highest BCUT2D eigenvalue weighted by molar-refractivity contribution is 5.89. The molecule has 1 fully saturated rings. The quantitative estimate of drug-likeness (QED) is 0.517. The third kappa shape index (κ3) is 4.52. The van der Waals surface area contributed by atoms with Gasteiger partial charge in [0.25, 0.3) is 5.91 Å². The van der Waals surface area contributed by atoms with Crippen LogP contribution >= 0.6 is 0 Å². The normalized spacial score (nSPS) is 16.5. The predicted molar refractivity (Wildman–Crippen MR) is 95.0 cm³/mol. The van der Waals surface area contributed by atoms with Crippen molar-refractivity contribution in [1.82, 2.24) is 15.5 Å². The van der Waals surface area contributed by atoms with Crippen molar-refractivity contribution in [3.63, 3.8) is 0 Å². The highest BCUT2D eigenvalue weighted by Gasteiger charge is 2.42. The second-order valence-electron chi connectivity index (χ2n) is 6.60. The first kappa shape index (κ1) is 18.8. The molecule has 2 rings (SSSR count). The number of primary amides is 1. The van der Waals surface area contributed by atoms with Crippen molar-refractivity contribution >= 4 is 17.8 Å². The lowest BCUT2D eigenvalue weighted by Crippen LogP contribution is -2.49. The molecule has 0 aliphatic heterocycles. The molecule has 1 heterocycles. The molecule has 1 aliphatic carbocycles. The van der Waals surface area contributed by atoms with Gasteiger partial charge in [-0.3, -0.25) is 14.6 Å². The number of hydrogen-bond acceptors (Lipinski definition) is 4. The van der Waals surface area contributed by atoms with Gasteiger partial charge in [-0.25, -0.2) is 0 Å². The van der Waals surface area contributed by atoms with Gasteiger partial charge in [0, 0.05) is 27.7 Å². The van der Waals surface area contributed by atoms with E-state index in [9.17, 15) is 9.59 Å². The number of furan rings is 1. The molecule has 138 valence electrons. The van der Waals surface area contributed by atoms with E-state index in [1.807, 2.05) is 0 Å². The Morgan fingerprint density at radius 1 is 1.28 bits per heavy atom. The Morgan fingerprint density at radius 3 is 2.48 bits per heavy atom. The predicted octanol–water partition coefficient (Wildman–Crippen LogP) is 0.692. The molecule has 0 bridgehead atoms. The Kier molecular flexibility index (Phi) is 6.06. The number of guanidine groups is 1. The summed E-state index contributed by atoms with van der Waals surface area (Å²) in [6.07, 6.45) is 3.90. The Balaban J connectivity index is 1.92. The van der Waals surface area contributed by atoms with Crippen LogP contribution in [0, 0.1) is 5.41 Å². The first-order chi connectivity index (χ1) is 11.9. The molecular weight excluding hydrogens is 322 g/mol. The maximum atomic E-state index is 12.6. The summed E-state index contributed by atoms with van der Waals surface area (Å²) < 4.78 is 5.33. The third-order valence-electron chi connectivity index (χ3n) is 4.57. The van der Waals surface area contributed by atoms with E-state index < -0.39 is 5.91 Å². The van der Waals surface area contributed by atoms with E-state index in [1.165, 1.54) is 0 Å². The van der Waals surface area contributed by atoms with Crippen LogP contribution in [0.5, 0.6) is 0 Å². The Labute approximate surface area is 147 Å². The van der Waals surface area contributed by atoms with Crippen LogP contribution < -0.4 is 16.4 Å². The van der Waals surface area contributed by atoms with Gasteiger partial charge in [0.05, 0.1) is 12.0 Å². The summed E-state index contributed by atoms with van der Waals surface area (Å²) in [5, 5.41) is 6.36. The summed E-state index contributed by atoms with van der Waals surface area (Å²) in [5.74, 6) is 0.844. The van der Waals surface area contributed by atoms with Crippen molar-refractivity contribution in [2.24, 2.45) is 16.1 Å². The molecule has 1 aromatic rings. The lowest BCUT2D eigenvalue weighted by Gasteiger charge is -2.31. The van der Waals surface area contributed by atoms with Crippen molar-refractivity contribution in [2.75, 3.05) is 27.7 Å². The average molecular weight is 349 g/mol. The first-order valence-electron chi connectivity index (χ1n) is 8.43. The summed E-state index contributed by atoms with van der Waals surface area (Å²) in [6, 6.07) is 3.23. The number of nitrogens with one attached hydrogen (secondary N) is 2. The molecule has 0 spiro atoms. The van der Waals surface area contributed by atoms with Gasteiger partial charge in [0.1, 0.15) is 5.76 Å². The monoisotopic (exact) mass is 349 g/mol. The topological polar surface area (TPSA) is 113 Å².